The summed E-state index contributed by atoms with van der Waals surface area (Å²) in [6.45, 7) is 2.20. The van der Waals surface area contributed by atoms with Crippen LogP contribution in [0.2, 0.25) is 0 Å². The Morgan fingerprint density at radius 3 is 3.00 bits per heavy atom. The van der Waals surface area contributed by atoms with Crippen LogP contribution in [0.4, 0.5) is 0 Å². The monoisotopic (exact) mass is 206 g/mol. The van der Waals surface area contributed by atoms with Gasteiger partial charge in [-0.15, -0.1) is 0 Å². The maximum absolute atomic E-state index is 11.5. The SMILES string of the molecule is CCC1CCC(=O)CC1c1ccn(C)n1. The van der Waals surface area contributed by atoms with Crippen LogP contribution < -0.4 is 0 Å². The first kappa shape index (κ1) is 10.4. The summed E-state index contributed by atoms with van der Waals surface area (Å²) >= 11 is 0. The molecular formula is C12H18N2O. The average Bonchev–Trinajstić information content (AvgIpc) is 2.65. The second kappa shape index (κ2) is 4.17. The van der Waals surface area contributed by atoms with Crippen LogP contribution >= 0.6 is 0 Å². The highest BCUT2D eigenvalue weighted by atomic mass is 16.1. The van der Waals surface area contributed by atoms with Crippen molar-refractivity contribution in [1.29, 1.82) is 0 Å². The molecule has 0 radical (unpaired) electrons. The Morgan fingerprint density at radius 1 is 1.60 bits per heavy atom. The van der Waals surface area contributed by atoms with E-state index >= 15 is 0 Å². The van der Waals surface area contributed by atoms with Gasteiger partial charge in [0.15, 0.2) is 0 Å². The summed E-state index contributed by atoms with van der Waals surface area (Å²) < 4.78 is 1.82. The Kier molecular flexibility index (Phi) is 2.89. The largest absolute Gasteiger partial charge is 0.300 e. The van der Waals surface area contributed by atoms with E-state index in [0.717, 1.165) is 25.0 Å². The lowest BCUT2D eigenvalue weighted by molar-refractivity contribution is -0.121. The molecule has 2 unspecified atom stereocenters. The predicted molar refractivity (Wildman–Crippen MR) is 58.6 cm³/mol. The maximum atomic E-state index is 11.5. The molecule has 1 aromatic rings. The van der Waals surface area contributed by atoms with Gasteiger partial charge in [-0.25, -0.2) is 0 Å². The third-order valence-electron chi connectivity index (χ3n) is 3.45. The fraction of sp³-hybridized carbons (Fsp3) is 0.667. The van der Waals surface area contributed by atoms with Crippen LogP contribution in [0.1, 0.15) is 44.2 Å². The van der Waals surface area contributed by atoms with E-state index in [-0.39, 0.29) is 0 Å². The minimum Gasteiger partial charge on any atom is -0.300 e. The molecular weight excluding hydrogens is 188 g/mol. The van der Waals surface area contributed by atoms with Gasteiger partial charge in [0.05, 0.1) is 5.69 Å². The number of carbonyl (C=O) groups excluding carboxylic acids is 1. The van der Waals surface area contributed by atoms with E-state index in [9.17, 15) is 4.79 Å². The molecule has 0 bridgehead atoms. The van der Waals surface area contributed by atoms with Crippen molar-refractivity contribution < 1.29 is 4.79 Å². The van der Waals surface area contributed by atoms with Crippen LogP contribution in [-0.4, -0.2) is 15.6 Å². The van der Waals surface area contributed by atoms with Crippen LogP contribution in [0.25, 0.3) is 0 Å². The summed E-state index contributed by atoms with van der Waals surface area (Å²) in [5.41, 5.74) is 1.09. The third kappa shape index (κ3) is 2.11. The fourth-order valence-corrected chi connectivity index (χ4v) is 2.53. The van der Waals surface area contributed by atoms with Gasteiger partial charge in [0.1, 0.15) is 5.78 Å². The zero-order valence-electron chi connectivity index (χ0n) is 9.44. The molecule has 2 atom stereocenters. The molecule has 2 rings (SSSR count). The molecule has 1 saturated carbocycles. The molecule has 0 saturated heterocycles. The highest BCUT2D eigenvalue weighted by Crippen LogP contribution is 2.37. The summed E-state index contributed by atoms with van der Waals surface area (Å²) in [6, 6.07) is 2.05. The van der Waals surface area contributed by atoms with E-state index in [4.69, 9.17) is 0 Å². The molecule has 15 heavy (non-hydrogen) atoms. The third-order valence-corrected chi connectivity index (χ3v) is 3.45. The first-order valence-corrected chi connectivity index (χ1v) is 5.72. The molecule has 1 heterocycles. The zero-order chi connectivity index (χ0) is 10.8. The number of hydrogen-bond acceptors (Lipinski definition) is 2. The van der Waals surface area contributed by atoms with Crippen LogP contribution in [0.5, 0.6) is 0 Å². The van der Waals surface area contributed by atoms with Crippen molar-refractivity contribution in [2.45, 2.75) is 38.5 Å². The van der Waals surface area contributed by atoms with E-state index in [1.54, 1.807) is 0 Å². The number of rotatable bonds is 2. The minimum atomic E-state index is 0.359. The lowest BCUT2D eigenvalue weighted by Gasteiger charge is -2.28. The van der Waals surface area contributed by atoms with Gasteiger partial charge >= 0.3 is 0 Å². The molecule has 1 aliphatic carbocycles. The highest BCUT2D eigenvalue weighted by Gasteiger charge is 2.30. The van der Waals surface area contributed by atoms with Crippen LogP contribution in [0.15, 0.2) is 12.3 Å². The second-order valence-electron chi connectivity index (χ2n) is 4.47. The Labute approximate surface area is 90.5 Å². The summed E-state index contributed by atoms with van der Waals surface area (Å²) in [5, 5.41) is 4.43. The second-order valence-corrected chi connectivity index (χ2v) is 4.47. The maximum Gasteiger partial charge on any atom is 0.133 e. The number of hydrogen-bond donors (Lipinski definition) is 0. The number of Topliss-reactive ketones (excluding diaryl/α,β-unsaturated/α-hetero) is 1. The van der Waals surface area contributed by atoms with Crippen molar-refractivity contribution in [3.05, 3.63) is 18.0 Å². The molecule has 1 fully saturated rings. The Morgan fingerprint density at radius 2 is 2.40 bits per heavy atom. The quantitative estimate of drug-likeness (QED) is 0.744. The number of aryl methyl sites for hydroxylation is 1. The Bertz CT molecular complexity index is 356. The van der Waals surface area contributed by atoms with Gasteiger partial charge in [-0.05, 0) is 18.4 Å². The van der Waals surface area contributed by atoms with E-state index in [0.29, 0.717) is 24.0 Å². The van der Waals surface area contributed by atoms with Gasteiger partial charge in [0.25, 0.3) is 0 Å². The molecule has 0 aromatic carbocycles. The van der Waals surface area contributed by atoms with E-state index in [1.165, 1.54) is 0 Å². The van der Waals surface area contributed by atoms with Crippen LogP contribution in [0, 0.1) is 5.92 Å². The normalized spacial score (nSPS) is 26.9. The van der Waals surface area contributed by atoms with Gasteiger partial charge in [-0.3, -0.25) is 9.48 Å². The Hall–Kier alpha value is -1.12. The lowest BCUT2D eigenvalue weighted by Crippen LogP contribution is -2.23. The minimum absolute atomic E-state index is 0.359. The topological polar surface area (TPSA) is 34.9 Å². The smallest absolute Gasteiger partial charge is 0.133 e. The Balaban J connectivity index is 2.20. The molecule has 3 heteroatoms. The zero-order valence-corrected chi connectivity index (χ0v) is 9.44. The van der Waals surface area contributed by atoms with Gasteiger partial charge < -0.3 is 0 Å². The highest BCUT2D eigenvalue weighted by molar-refractivity contribution is 5.80. The molecule has 0 aliphatic heterocycles. The molecule has 0 spiro atoms. The van der Waals surface area contributed by atoms with Gasteiger partial charge in [0.2, 0.25) is 0 Å². The van der Waals surface area contributed by atoms with Crippen molar-refractivity contribution in [3.8, 4) is 0 Å². The van der Waals surface area contributed by atoms with E-state index in [2.05, 4.69) is 12.0 Å². The van der Waals surface area contributed by atoms with Crippen molar-refractivity contribution in [2.24, 2.45) is 13.0 Å². The van der Waals surface area contributed by atoms with Gasteiger partial charge in [-0.1, -0.05) is 13.3 Å². The molecule has 1 aromatic heterocycles. The van der Waals surface area contributed by atoms with Crippen molar-refractivity contribution in [3.63, 3.8) is 0 Å². The van der Waals surface area contributed by atoms with Gasteiger partial charge in [0, 0.05) is 32.0 Å². The molecule has 82 valence electrons. The summed E-state index contributed by atoms with van der Waals surface area (Å²) in [6.07, 6.45) is 5.60. The number of aromatic nitrogens is 2. The standard InChI is InChI=1S/C12H18N2O/c1-3-9-4-5-10(15)8-11(9)12-6-7-14(2)13-12/h6-7,9,11H,3-5,8H2,1-2H3. The fourth-order valence-electron chi connectivity index (χ4n) is 2.53. The van der Waals surface area contributed by atoms with Crippen LogP contribution in [0.3, 0.4) is 0 Å². The predicted octanol–water partition coefficient (Wildman–Crippen LogP) is 2.28. The first-order chi connectivity index (χ1) is 7.20. The van der Waals surface area contributed by atoms with Crippen molar-refractivity contribution in [1.82, 2.24) is 9.78 Å². The molecule has 3 nitrogen and oxygen atoms in total. The first-order valence-electron chi connectivity index (χ1n) is 5.72. The number of nitrogens with zero attached hydrogens (tertiary/aromatic N) is 2. The number of ketones is 1. The average molecular weight is 206 g/mol. The van der Waals surface area contributed by atoms with E-state index < -0.39 is 0 Å². The van der Waals surface area contributed by atoms with Crippen LogP contribution in [-0.2, 0) is 11.8 Å². The van der Waals surface area contributed by atoms with Crippen molar-refractivity contribution >= 4 is 5.78 Å². The van der Waals surface area contributed by atoms with Crippen molar-refractivity contribution in [2.75, 3.05) is 0 Å². The summed E-state index contributed by atoms with van der Waals surface area (Å²) in [7, 11) is 1.93. The number of carbonyl (C=O) groups is 1. The molecule has 1 aliphatic rings. The molecule has 0 amide bonds. The lowest BCUT2D eigenvalue weighted by atomic mass is 9.76. The molecule has 0 N–H and O–H groups in total. The summed E-state index contributed by atoms with van der Waals surface area (Å²) in [5.74, 6) is 1.39. The van der Waals surface area contributed by atoms with Gasteiger partial charge in [-0.2, -0.15) is 5.10 Å². The van der Waals surface area contributed by atoms with E-state index in [1.807, 2.05) is 24.0 Å². The summed E-state index contributed by atoms with van der Waals surface area (Å²) in [4.78, 5) is 11.5.